The first-order chi connectivity index (χ1) is 10.9. The minimum atomic E-state index is -0.0512. The summed E-state index contributed by atoms with van der Waals surface area (Å²) >= 11 is 9.56. The van der Waals surface area contributed by atoms with Crippen LogP contribution >= 0.6 is 27.5 Å². The summed E-state index contributed by atoms with van der Waals surface area (Å²) in [6, 6.07) is 11.4. The molecule has 0 spiro atoms. The van der Waals surface area contributed by atoms with Crippen molar-refractivity contribution in [3.05, 3.63) is 62.7 Å². The fourth-order valence-corrected chi connectivity index (χ4v) is 3.17. The number of benzene rings is 2. The smallest absolute Gasteiger partial charge is 0.228 e. The fraction of sp³-hybridized carbons (Fsp3) is 0.167. The number of amides is 1. The molecule has 2 aromatic carbocycles. The van der Waals surface area contributed by atoms with Crippen LogP contribution in [-0.2, 0) is 11.2 Å². The predicted octanol–water partition coefficient (Wildman–Crippen LogP) is 5.38. The number of rotatable bonds is 3. The van der Waals surface area contributed by atoms with E-state index in [0.717, 1.165) is 37.9 Å². The number of hydrogen-bond donors (Lipinski definition) is 2. The molecule has 5 heteroatoms. The van der Waals surface area contributed by atoms with Crippen LogP contribution in [0.25, 0.3) is 10.9 Å². The standard InChI is InChI=1S/C18H16BrClN2O/c1-10-3-5-13(8-16(10)19)22-18(23)9-14-11(2)21-17-6-4-12(20)7-15(14)17/h3-8,21H,9H2,1-2H3,(H,22,23). The van der Waals surface area contributed by atoms with Gasteiger partial charge in [-0.2, -0.15) is 0 Å². The molecule has 0 saturated heterocycles. The van der Waals surface area contributed by atoms with Crippen LogP contribution in [0.15, 0.2) is 40.9 Å². The molecule has 2 N–H and O–H groups in total. The number of hydrogen-bond acceptors (Lipinski definition) is 1. The highest BCUT2D eigenvalue weighted by molar-refractivity contribution is 9.10. The van der Waals surface area contributed by atoms with Gasteiger partial charge in [-0.15, -0.1) is 0 Å². The maximum Gasteiger partial charge on any atom is 0.228 e. The van der Waals surface area contributed by atoms with Crippen LogP contribution in [0.4, 0.5) is 5.69 Å². The highest BCUT2D eigenvalue weighted by Gasteiger charge is 2.13. The molecule has 0 saturated carbocycles. The van der Waals surface area contributed by atoms with Gasteiger partial charge < -0.3 is 10.3 Å². The lowest BCUT2D eigenvalue weighted by Gasteiger charge is -2.07. The summed E-state index contributed by atoms with van der Waals surface area (Å²) in [6.45, 7) is 3.98. The van der Waals surface area contributed by atoms with Gasteiger partial charge >= 0.3 is 0 Å². The first-order valence-corrected chi connectivity index (χ1v) is 8.44. The summed E-state index contributed by atoms with van der Waals surface area (Å²) in [6.07, 6.45) is 0.303. The van der Waals surface area contributed by atoms with Gasteiger partial charge in [0.15, 0.2) is 0 Å². The molecule has 23 heavy (non-hydrogen) atoms. The zero-order valence-corrected chi connectivity index (χ0v) is 15.2. The van der Waals surface area contributed by atoms with Crippen molar-refractivity contribution in [1.82, 2.24) is 4.98 Å². The Bertz CT molecular complexity index is 901. The zero-order chi connectivity index (χ0) is 16.6. The lowest BCUT2D eigenvalue weighted by atomic mass is 10.1. The van der Waals surface area contributed by atoms with Crippen molar-refractivity contribution in [1.29, 1.82) is 0 Å². The first-order valence-electron chi connectivity index (χ1n) is 7.27. The van der Waals surface area contributed by atoms with Gasteiger partial charge in [-0.25, -0.2) is 0 Å². The molecule has 1 aromatic heterocycles. The van der Waals surface area contributed by atoms with Crippen LogP contribution in [0.5, 0.6) is 0 Å². The van der Waals surface area contributed by atoms with Crippen molar-refractivity contribution in [2.24, 2.45) is 0 Å². The van der Waals surface area contributed by atoms with E-state index >= 15 is 0 Å². The Morgan fingerprint density at radius 1 is 1.22 bits per heavy atom. The van der Waals surface area contributed by atoms with Crippen LogP contribution in [0, 0.1) is 13.8 Å². The first kappa shape index (κ1) is 16.1. The topological polar surface area (TPSA) is 44.9 Å². The van der Waals surface area contributed by atoms with Crippen LogP contribution in [0.2, 0.25) is 5.02 Å². The summed E-state index contributed by atoms with van der Waals surface area (Å²) in [4.78, 5) is 15.7. The Balaban J connectivity index is 1.84. The largest absolute Gasteiger partial charge is 0.358 e. The number of nitrogens with one attached hydrogen (secondary N) is 2. The normalized spacial score (nSPS) is 11.0. The SMILES string of the molecule is Cc1ccc(NC(=O)Cc2c(C)[nH]c3ccc(Cl)cc23)cc1Br. The predicted molar refractivity (Wildman–Crippen MR) is 99.3 cm³/mol. The van der Waals surface area contributed by atoms with Gasteiger partial charge in [-0.05, 0) is 55.3 Å². The highest BCUT2D eigenvalue weighted by atomic mass is 79.9. The van der Waals surface area contributed by atoms with Crippen LogP contribution in [0.1, 0.15) is 16.8 Å². The van der Waals surface area contributed by atoms with Gasteiger partial charge in [0.25, 0.3) is 0 Å². The Labute approximate surface area is 148 Å². The molecule has 0 atom stereocenters. The third-order valence-corrected chi connectivity index (χ3v) is 4.96. The molecule has 3 rings (SSSR count). The second-order valence-electron chi connectivity index (χ2n) is 5.61. The second-order valence-corrected chi connectivity index (χ2v) is 6.90. The molecule has 0 radical (unpaired) electrons. The quantitative estimate of drug-likeness (QED) is 0.618. The molecule has 0 fully saturated rings. The average molecular weight is 392 g/mol. The number of halogens is 2. The molecule has 0 aliphatic rings. The van der Waals surface area contributed by atoms with E-state index < -0.39 is 0 Å². The van der Waals surface area contributed by atoms with Gasteiger partial charge in [0.05, 0.1) is 6.42 Å². The van der Waals surface area contributed by atoms with Crippen molar-refractivity contribution in [3.8, 4) is 0 Å². The Hall–Kier alpha value is -1.78. The van der Waals surface area contributed by atoms with Crippen LogP contribution in [0.3, 0.4) is 0 Å². The number of anilines is 1. The van der Waals surface area contributed by atoms with E-state index in [1.807, 2.05) is 50.2 Å². The molecule has 0 aliphatic heterocycles. The molecule has 1 heterocycles. The third-order valence-electron chi connectivity index (χ3n) is 3.87. The summed E-state index contributed by atoms with van der Waals surface area (Å²) in [5, 5.41) is 4.60. The summed E-state index contributed by atoms with van der Waals surface area (Å²) in [5.74, 6) is -0.0512. The lowest BCUT2D eigenvalue weighted by Crippen LogP contribution is -2.14. The van der Waals surface area contributed by atoms with E-state index in [2.05, 4.69) is 26.2 Å². The zero-order valence-electron chi connectivity index (χ0n) is 12.8. The Morgan fingerprint density at radius 3 is 2.74 bits per heavy atom. The van der Waals surface area contributed by atoms with Crippen molar-refractivity contribution in [3.63, 3.8) is 0 Å². The van der Waals surface area contributed by atoms with Crippen molar-refractivity contribution in [2.45, 2.75) is 20.3 Å². The molecule has 0 aliphatic carbocycles. The van der Waals surface area contributed by atoms with E-state index in [1.54, 1.807) is 0 Å². The molecule has 3 nitrogen and oxygen atoms in total. The molecular weight excluding hydrogens is 376 g/mol. The van der Waals surface area contributed by atoms with Crippen molar-refractivity contribution >= 4 is 50.0 Å². The summed E-state index contributed by atoms with van der Waals surface area (Å²) < 4.78 is 0.977. The maximum atomic E-state index is 12.4. The number of H-pyrrole nitrogens is 1. The highest BCUT2D eigenvalue weighted by Crippen LogP contribution is 2.26. The van der Waals surface area contributed by atoms with E-state index in [4.69, 9.17) is 11.6 Å². The molecule has 0 bridgehead atoms. The molecule has 0 unspecified atom stereocenters. The fourth-order valence-electron chi connectivity index (χ4n) is 2.62. The molecular formula is C18H16BrClN2O. The maximum absolute atomic E-state index is 12.4. The minimum Gasteiger partial charge on any atom is -0.358 e. The average Bonchev–Trinajstić information content (AvgIpc) is 2.79. The minimum absolute atomic E-state index is 0.0512. The number of aromatic nitrogens is 1. The van der Waals surface area contributed by atoms with E-state index in [9.17, 15) is 4.79 Å². The van der Waals surface area contributed by atoms with Gasteiger partial charge in [0.1, 0.15) is 0 Å². The van der Waals surface area contributed by atoms with Crippen LogP contribution < -0.4 is 5.32 Å². The van der Waals surface area contributed by atoms with E-state index in [-0.39, 0.29) is 5.91 Å². The summed E-state index contributed by atoms with van der Waals surface area (Å²) in [5.41, 5.74) is 4.87. The van der Waals surface area contributed by atoms with E-state index in [0.29, 0.717) is 11.4 Å². The molecule has 1 amide bonds. The number of aryl methyl sites for hydroxylation is 2. The van der Waals surface area contributed by atoms with Crippen LogP contribution in [-0.4, -0.2) is 10.9 Å². The Morgan fingerprint density at radius 2 is 2.00 bits per heavy atom. The third kappa shape index (κ3) is 3.43. The number of carbonyl (C=O) groups excluding carboxylic acids is 1. The number of fused-ring (bicyclic) bond motifs is 1. The molecule has 3 aromatic rings. The lowest BCUT2D eigenvalue weighted by molar-refractivity contribution is -0.115. The van der Waals surface area contributed by atoms with Crippen molar-refractivity contribution in [2.75, 3.05) is 5.32 Å². The molecule has 118 valence electrons. The number of carbonyl (C=O) groups is 1. The van der Waals surface area contributed by atoms with Gasteiger partial charge in [-0.3, -0.25) is 4.79 Å². The second kappa shape index (κ2) is 6.38. The summed E-state index contributed by atoms with van der Waals surface area (Å²) in [7, 11) is 0. The van der Waals surface area contributed by atoms with E-state index in [1.165, 1.54) is 0 Å². The van der Waals surface area contributed by atoms with Gasteiger partial charge in [0, 0.05) is 31.8 Å². The Kier molecular flexibility index (Phi) is 4.46. The monoisotopic (exact) mass is 390 g/mol. The number of aromatic amines is 1. The van der Waals surface area contributed by atoms with Gasteiger partial charge in [0.2, 0.25) is 5.91 Å². The van der Waals surface area contributed by atoms with Crippen molar-refractivity contribution < 1.29 is 4.79 Å². The van der Waals surface area contributed by atoms with Gasteiger partial charge in [-0.1, -0.05) is 33.6 Å².